The topological polar surface area (TPSA) is 96.7 Å². The van der Waals surface area contributed by atoms with Crippen molar-refractivity contribution in [2.45, 2.75) is 0 Å². The number of benzene rings is 2. The standard InChI is InChI=1S/C20H22ClN7/c1-27-8-10-28(11-9-27)15-5-2-13(3-6-15)18-16-12-14(21)4-7-17(16)24-20(25-18)26-19(22)23/h2-7,12H,8-11H2,1H3,(H4,22,23,24,25,26). The molecule has 2 aromatic carbocycles. The first-order valence-corrected chi connectivity index (χ1v) is 9.48. The Morgan fingerprint density at radius 2 is 1.71 bits per heavy atom. The third-order valence-corrected chi connectivity index (χ3v) is 5.12. The van der Waals surface area contributed by atoms with E-state index in [4.69, 9.17) is 23.1 Å². The van der Waals surface area contributed by atoms with Crippen molar-refractivity contribution >= 4 is 40.1 Å². The molecule has 28 heavy (non-hydrogen) atoms. The van der Waals surface area contributed by atoms with Gasteiger partial charge >= 0.3 is 0 Å². The number of halogens is 1. The number of aliphatic imine (C=N–C) groups is 1. The van der Waals surface area contributed by atoms with Crippen LogP contribution < -0.4 is 16.4 Å². The number of fused-ring (bicyclic) bond motifs is 1. The molecule has 4 N–H and O–H groups in total. The van der Waals surface area contributed by atoms with E-state index in [0.717, 1.165) is 48.3 Å². The Kier molecular flexibility index (Phi) is 5.02. The van der Waals surface area contributed by atoms with Crippen LogP contribution in [0.4, 0.5) is 11.6 Å². The normalized spacial score (nSPS) is 15.0. The maximum Gasteiger partial charge on any atom is 0.253 e. The van der Waals surface area contributed by atoms with Crippen LogP contribution in [0.5, 0.6) is 0 Å². The van der Waals surface area contributed by atoms with Crippen LogP contribution in [0.25, 0.3) is 22.2 Å². The molecule has 4 rings (SSSR count). The summed E-state index contributed by atoms with van der Waals surface area (Å²) in [6.07, 6.45) is 0. The monoisotopic (exact) mass is 395 g/mol. The molecule has 0 spiro atoms. The van der Waals surface area contributed by atoms with Crippen molar-refractivity contribution in [1.29, 1.82) is 0 Å². The number of hydrogen-bond acceptors (Lipinski definition) is 5. The molecule has 0 amide bonds. The summed E-state index contributed by atoms with van der Waals surface area (Å²) in [5.41, 5.74) is 14.7. The highest BCUT2D eigenvalue weighted by molar-refractivity contribution is 6.31. The van der Waals surface area contributed by atoms with Crippen molar-refractivity contribution in [3.8, 4) is 11.3 Å². The molecule has 0 aliphatic carbocycles. The quantitative estimate of drug-likeness (QED) is 0.522. The lowest BCUT2D eigenvalue weighted by Crippen LogP contribution is -2.44. The minimum absolute atomic E-state index is 0.0790. The highest BCUT2D eigenvalue weighted by atomic mass is 35.5. The summed E-state index contributed by atoms with van der Waals surface area (Å²) in [6, 6.07) is 13.9. The molecular weight excluding hydrogens is 374 g/mol. The van der Waals surface area contributed by atoms with Gasteiger partial charge in [-0.3, -0.25) is 0 Å². The second kappa shape index (κ2) is 7.61. The minimum atomic E-state index is -0.0790. The summed E-state index contributed by atoms with van der Waals surface area (Å²) < 4.78 is 0. The van der Waals surface area contributed by atoms with Gasteiger partial charge in [0.1, 0.15) is 0 Å². The lowest BCUT2D eigenvalue weighted by molar-refractivity contribution is 0.313. The number of rotatable bonds is 3. The van der Waals surface area contributed by atoms with Gasteiger partial charge in [-0.25, -0.2) is 9.97 Å². The largest absolute Gasteiger partial charge is 0.370 e. The number of nitrogens with two attached hydrogens (primary N) is 2. The first-order valence-electron chi connectivity index (χ1n) is 9.10. The van der Waals surface area contributed by atoms with Gasteiger partial charge in [-0.05, 0) is 37.4 Å². The average molecular weight is 396 g/mol. The van der Waals surface area contributed by atoms with Crippen molar-refractivity contribution in [3.05, 3.63) is 47.5 Å². The maximum absolute atomic E-state index is 6.21. The van der Waals surface area contributed by atoms with Crippen molar-refractivity contribution in [2.24, 2.45) is 16.5 Å². The Balaban J connectivity index is 1.75. The van der Waals surface area contributed by atoms with Gasteiger partial charge in [-0.2, -0.15) is 4.99 Å². The van der Waals surface area contributed by atoms with Crippen LogP contribution in [0, 0.1) is 0 Å². The van der Waals surface area contributed by atoms with E-state index in [1.54, 1.807) is 6.07 Å². The minimum Gasteiger partial charge on any atom is -0.370 e. The Labute approximate surface area is 168 Å². The van der Waals surface area contributed by atoms with E-state index in [1.807, 2.05) is 12.1 Å². The lowest BCUT2D eigenvalue weighted by Gasteiger charge is -2.34. The fourth-order valence-corrected chi connectivity index (χ4v) is 3.54. The fourth-order valence-electron chi connectivity index (χ4n) is 3.37. The summed E-state index contributed by atoms with van der Waals surface area (Å²) in [5.74, 6) is 0.151. The van der Waals surface area contributed by atoms with E-state index < -0.39 is 0 Å². The van der Waals surface area contributed by atoms with Gasteiger partial charge in [0, 0.05) is 47.8 Å². The van der Waals surface area contributed by atoms with E-state index in [-0.39, 0.29) is 11.9 Å². The number of likely N-dealkylation sites (N-methyl/N-ethyl adjacent to an activating group) is 1. The van der Waals surface area contributed by atoms with Gasteiger partial charge in [0.2, 0.25) is 0 Å². The van der Waals surface area contributed by atoms with Crippen molar-refractivity contribution < 1.29 is 0 Å². The predicted octanol–water partition coefficient (Wildman–Crippen LogP) is 2.61. The van der Waals surface area contributed by atoms with Gasteiger partial charge < -0.3 is 21.3 Å². The molecule has 0 unspecified atom stereocenters. The Bertz CT molecular complexity index is 1020. The molecule has 144 valence electrons. The Hall–Kier alpha value is -2.90. The first-order chi connectivity index (χ1) is 13.5. The summed E-state index contributed by atoms with van der Waals surface area (Å²) in [5, 5.41) is 1.48. The van der Waals surface area contributed by atoms with E-state index in [2.05, 4.69) is 56.1 Å². The van der Waals surface area contributed by atoms with E-state index in [1.165, 1.54) is 5.69 Å². The van der Waals surface area contributed by atoms with Crippen molar-refractivity contribution in [1.82, 2.24) is 14.9 Å². The van der Waals surface area contributed by atoms with Gasteiger partial charge in [0.05, 0.1) is 11.2 Å². The predicted molar refractivity (Wildman–Crippen MR) is 115 cm³/mol. The molecule has 0 saturated carbocycles. The number of anilines is 1. The van der Waals surface area contributed by atoms with E-state index in [9.17, 15) is 0 Å². The molecule has 1 aromatic heterocycles. The molecule has 8 heteroatoms. The Morgan fingerprint density at radius 3 is 2.39 bits per heavy atom. The number of hydrogen-bond donors (Lipinski definition) is 2. The third-order valence-electron chi connectivity index (χ3n) is 4.88. The molecular formula is C20H22ClN7. The van der Waals surface area contributed by atoms with Gasteiger partial charge in [-0.1, -0.05) is 23.7 Å². The molecule has 7 nitrogen and oxygen atoms in total. The highest BCUT2D eigenvalue weighted by Crippen LogP contribution is 2.31. The van der Waals surface area contributed by atoms with E-state index >= 15 is 0 Å². The molecule has 3 aromatic rings. The third kappa shape index (κ3) is 3.85. The van der Waals surface area contributed by atoms with E-state index in [0.29, 0.717) is 5.02 Å². The fraction of sp³-hybridized carbons (Fsp3) is 0.250. The molecule has 0 atom stereocenters. The van der Waals surface area contributed by atoms with Gasteiger partial charge in [0.15, 0.2) is 5.96 Å². The van der Waals surface area contributed by atoms with Crippen LogP contribution in [0.2, 0.25) is 5.02 Å². The van der Waals surface area contributed by atoms with Crippen LogP contribution in [0.15, 0.2) is 47.5 Å². The van der Waals surface area contributed by atoms with Crippen molar-refractivity contribution in [3.63, 3.8) is 0 Å². The van der Waals surface area contributed by atoms with Crippen LogP contribution in [0.3, 0.4) is 0 Å². The zero-order valence-corrected chi connectivity index (χ0v) is 16.4. The molecule has 1 fully saturated rings. The lowest BCUT2D eigenvalue weighted by atomic mass is 10.1. The molecule has 2 heterocycles. The molecule has 1 aliphatic heterocycles. The maximum atomic E-state index is 6.21. The summed E-state index contributed by atoms with van der Waals surface area (Å²) in [4.78, 5) is 17.7. The zero-order valence-electron chi connectivity index (χ0n) is 15.6. The molecule has 0 radical (unpaired) electrons. The number of aromatic nitrogens is 2. The number of guanidine groups is 1. The first kappa shape index (κ1) is 18.5. The second-order valence-electron chi connectivity index (χ2n) is 6.91. The molecule has 1 aliphatic rings. The number of piperazine rings is 1. The van der Waals surface area contributed by atoms with Crippen LogP contribution >= 0.6 is 11.6 Å². The smallest absolute Gasteiger partial charge is 0.253 e. The zero-order chi connectivity index (χ0) is 19.7. The van der Waals surface area contributed by atoms with Crippen LogP contribution in [0.1, 0.15) is 0 Å². The van der Waals surface area contributed by atoms with Crippen LogP contribution in [-0.4, -0.2) is 54.1 Å². The van der Waals surface area contributed by atoms with Gasteiger partial charge in [-0.15, -0.1) is 0 Å². The summed E-state index contributed by atoms with van der Waals surface area (Å²) in [6.45, 7) is 4.18. The molecule has 0 bridgehead atoms. The SMILES string of the molecule is CN1CCN(c2ccc(-c3nc(N=C(N)N)nc4ccc(Cl)cc34)cc2)CC1. The van der Waals surface area contributed by atoms with Gasteiger partial charge in [0.25, 0.3) is 5.95 Å². The average Bonchev–Trinajstić information content (AvgIpc) is 2.68. The summed E-state index contributed by atoms with van der Waals surface area (Å²) >= 11 is 6.21. The Morgan fingerprint density at radius 1 is 1.00 bits per heavy atom. The number of nitrogens with zero attached hydrogens (tertiary/aromatic N) is 5. The highest BCUT2D eigenvalue weighted by Gasteiger charge is 2.15. The second-order valence-corrected chi connectivity index (χ2v) is 7.34. The van der Waals surface area contributed by atoms with Crippen molar-refractivity contribution in [2.75, 3.05) is 38.1 Å². The molecule has 1 saturated heterocycles. The van der Waals surface area contributed by atoms with Crippen LogP contribution in [-0.2, 0) is 0 Å². The summed E-state index contributed by atoms with van der Waals surface area (Å²) in [7, 11) is 2.15.